The number of carbonyl (C=O) groups excluding carboxylic acids is 2. The topological polar surface area (TPSA) is 58.2 Å². The molecule has 0 aromatic heterocycles. The van der Waals surface area contributed by atoms with Gasteiger partial charge in [-0.2, -0.15) is 0 Å². The Kier molecular flexibility index (Phi) is 5.89. The Labute approximate surface area is 135 Å². The lowest BCUT2D eigenvalue weighted by atomic mass is 10.1. The summed E-state index contributed by atoms with van der Waals surface area (Å²) in [4.78, 5) is 24.5. The predicted molar refractivity (Wildman–Crippen MR) is 91.5 cm³/mol. The predicted octanol–water partition coefficient (Wildman–Crippen LogP) is 2.76. The van der Waals surface area contributed by atoms with E-state index in [0.717, 1.165) is 5.56 Å². The second kappa shape index (κ2) is 8.34. The van der Waals surface area contributed by atoms with E-state index in [0.29, 0.717) is 12.1 Å². The van der Waals surface area contributed by atoms with E-state index in [1.54, 1.807) is 36.4 Å². The third-order valence-electron chi connectivity index (χ3n) is 3.05. The van der Waals surface area contributed by atoms with Gasteiger partial charge in [-0.3, -0.25) is 9.59 Å². The van der Waals surface area contributed by atoms with E-state index in [9.17, 15) is 9.59 Å². The van der Waals surface area contributed by atoms with Crippen LogP contribution in [0, 0.1) is 0 Å². The molecule has 0 aliphatic heterocycles. The number of nitrogens with one attached hydrogen (secondary N) is 2. The highest BCUT2D eigenvalue weighted by Gasteiger charge is 2.13. The fourth-order valence-corrected chi connectivity index (χ4v) is 1.92. The number of amides is 2. The van der Waals surface area contributed by atoms with E-state index >= 15 is 0 Å². The van der Waals surface area contributed by atoms with Crippen LogP contribution in [-0.2, 0) is 4.79 Å². The lowest BCUT2D eigenvalue weighted by Crippen LogP contribution is -2.34. The first-order chi connectivity index (χ1) is 11.2. The molecule has 0 bridgehead atoms. The minimum absolute atomic E-state index is 0.187. The molecule has 0 aliphatic carbocycles. The van der Waals surface area contributed by atoms with Crippen LogP contribution in [0.1, 0.15) is 15.9 Å². The minimum Gasteiger partial charge on any atom is -0.347 e. The zero-order valence-electron chi connectivity index (χ0n) is 12.7. The molecule has 0 atom stereocenters. The summed E-state index contributed by atoms with van der Waals surface area (Å²) in [5.41, 5.74) is 1.50. The molecule has 4 nitrogen and oxygen atoms in total. The fourth-order valence-electron chi connectivity index (χ4n) is 1.92. The largest absolute Gasteiger partial charge is 0.347 e. The number of benzene rings is 2. The van der Waals surface area contributed by atoms with Crippen molar-refractivity contribution in [1.82, 2.24) is 10.6 Å². The van der Waals surface area contributed by atoms with Gasteiger partial charge in [-0.25, -0.2) is 0 Å². The quantitative estimate of drug-likeness (QED) is 0.637. The molecule has 0 saturated heterocycles. The molecule has 0 spiro atoms. The van der Waals surface area contributed by atoms with Gasteiger partial charge < -0.3 is 10.6 Å². The molecule has 116 valence electrons. The Morgan fingerprint density at radius 1 is 0.957 bits per heavy atom. The molecule has 0 fully saturated rings. The molecule has 0 saturated carbocycles. The number of hydrogen-bond donors (Lipinski definition) is 2. The summed E-state index contributed by atoms with van der Waals surface area (Å²) in [6.07, 6.45) is 3.22. The van der Waals surface area contributed by atoms with Crippen molar-refractivity contribution in [3.8, 4) is 0 Å². The molecule has 0 heterocycles. The average molecular weight is 306 g/mol. The highest BCUT2D eigenvalue weighted by molar-refractivity contribution is 6.05. The van der Waals surface area contributed by atoms with Crippen LogP contribution in [0.4, 0.5) is 0 Å². The van der Waals surface area contributed by atoms with Gasteiger partial charge >= 0.3 is 0 Å². The lowest BCUT2D eigenvalue weighted by molar-refractivity contribution is -0.117. The molecule has 2 aromatic rings. The maximum absolute atomic E-state index is 12.3. The van der Waals surface area contributed by atoms with E-state index < -0.39 is 0 Å². The molecule has 2 N–H and O–H groups in total. The van der Waals surface area contributed by atoms with Crippen LogP contribution in [0.15, 0.2) is 79.0 Å². The zero-order chi connectivity index (χ0) is 16.5. The molecule has 0 unspecified atom stereocenters. The van der Waals surface area contributed by atoms with Gasteiger partial charge in [0.05, 0.1) is 0 Å². The summed E-state index contributed by atoms with van der Waals surface area (Å²) in [6, 6.07) is 18.1. The third-order valence-corrected chi connectivity index (χ3v) is 3.05. The smallest absolute Gasteiger partial charge is 0.268 e. The molecular weight excluding hydrogens is 288 g/mol. The maximum Gasteiger partial charge on any atom is 0.268 e. The Bertz CT molecular complexity index is 707. The van der Waals surface area contributed by atoms with Crippen LogP contribution in [0.2, 0.25) is 0 Å². The normalized spacial score (nSPS) is 10.7. The fraction of sp³-hybridized carbons (Fsp3) is 0.0526. The van der Waals surface area contributed by atoms with E-state index in [-0.39, 0.29) is 17.5 Å². The van der Waals surface area contributed by atoms with Gasteiger partial charge in [0.25, 0.3) is 11.8 Å². The first-order valence-corrected chi connectivity index (χ1v) is 7.23. The van der Waals surface area contributed by atoms with Crippen molar-refractivity contribution >= 4 is 17.9 Å². The van der Waals surface area contributed by atoms with Crippen molar-refractivity contribution in [2.45, 2.75) is 0 Å². The van der Waals surface area contributed by atoms with Crippen LogP contribution >= 0.6 is 0 Å². The molecule has 23 heavy (non-hydrogen) atoms. The van der Waals surface area contributed by atoms with Gasteiger partial charge in [0.1, 0.15) is 5.70 Å². The number of hydrogen-bond acceptors (Lipinski definition) is 2. The summed E-state index contributed by atoms with van der Waals surface area (Å²) in [5, 5.41) is 5.34. The molecular formula is C19H18N2O2. The van der Waals surface area contributed by atoms with E-state index in [1.807, 2.05) is 36.4 Å². The van der Waals surface area contributed by atoms with Crippen LogP contribution in [0.5, 0.6) is 0 Å². The van der Waals surface area contributed by atoms with Crippen molar-refractivity contribution in [3.63, 3.8) is 0 Å². The first kappa shape index (κ1) is 16.2. The van der Waals surface area contributed by atoms with Crippen LogP contribution in [0.25, 0.3) is 6.08 Å². The van der Waals surface area contributed by atoms with Crippen molar-refractivity contribution < 1.29 is 9.59 Å². The lowest BCUT2D eigenvalue weighted by Gasteiger charge is -2.10. The van der Waals surface area contributed by atoms with Crippen molar-refractivity contribution in [2.75, 3.05) is 6.54 Å². The summed E-state index contributed by atoms with van der Waals surface area (Å²) in [6.45, 7) is 3.89. The van der Waals surface area contributed by atoms with Crippen LogP contribution in [-0.4, -0.2) is 18.4 Å². The molecule has 0 radical (unpaired) electrons. The monoisotopic (exact) mass is 306 g/mol. The van der Waals surface area contributed by atoms with Crippen molar-refractivity contribution in [1.29, 1.82) is 0 Å². The van der Waals surface area contributed by atoms with E-state index in [4.69, 9.17) is 0 Å². The second-order valence-corrected chi connectivity index (χ2v) is 4.79. The Balaban J connectivity index is 2.23. The molecule has 2 rings (SSSR count). The van der Waals surface area contributed by atoms with Gasteiger partial charge in [-0.05, 0) is 23.8 Å². The standard InChI is InChI=1S/C19H18N2O2/c1-2-13-20-19(23)17(14-15-9-5-3-6-10-15)21-18(22)16-11-7-4-8-12-16/h2-12,14H,1,13H2,(H,20,23)(H,21,22)/b17-14-. The summed E-state index contributed by atoms with van der Waals surface area (Å²) in [5.74, 6) is -0.695. The molecule has 0 aliphatic rings. The molecule has 4 heteroatoms. The van der Waals surface area contributed by atoms with Crippen LogP contribution in [0.3, 0.4) is 0 Å². The third kappa shape index (κ3) is 4.97. The van der Waals surface area contributed by atoms with Crippen molar-refractivity contribution in [2.24, 2.45) is 0 Å². The highest BCUT2D eigenvalue weighted by Crippen LogP contribution is 2.07. The SMILES string of the molecule is C=CCNC(=O)/C(=C/c1ccccc1)NC(=O)c1ccccc1. The van der Waals surface area contributed by atoms with Crippen molar-refractivity contribution in [3.05, 3.63) is 90.1 Å². The zero-order valence-corrected chi connectivity index (χ0v) is 12.7. The van der Waals surface area contributed by atoms with Crippen LogP contribution < -0.4 is 10.6 Å². The summed E-state index contributed by atoms with van der Waals surface area (Å²) >= 11 is 0. The second-order valence-electron chi connectivity index (χ2n) is 4.79. The van der Waals surface area contributed by atoms with Gasteiger partial charge in [0.15, 0.2) is 0 Å². The first-order valence-electron chi connectivity index (χ1n) is 7.23. The van der Waals surface area contributed by atoms with Gasteiger partial charge in [0, 0.05) is 12.1 Å². The number of rotatable bonds is 6. The van der Waals surface area contributed by atoms with Gasteiger partial charge in [-0.15, -0.1) is 6.58 Å². The Hall–Kier alpha value is -3.14. The van der Waals surface area contributed by atoms with Gasteiger partial charge in [0.2, 0.25) is 0 Å². The number of carbonyl (C=O) groups is 2. The van der Waals surface area contributed by atoms with Gasteiger partial charge in [-0.1, -0.05) is 54.6 Å². The van der Waals surface area contributed by atoms with E-state index in [1.165, 1.54) is 0 Å². The Morgan fingerprint density at radius 3 is 2.17 bits per heavy atom. The molecule has 2 amide bonds. The minimum atomic E-state index is -0.363. The highest BCUT2D eigenvalue weighted by atomic mass is 16.2. The summed E-state index contributed by atoms with van der Waals surface area (Å²) in [7, 11) is 0. The van der Waals surface area contributed by atoms with E-state index in [2.05, 4.69) is 17.2 Å². The maximum atomic E-state index is 12.3. The molecule has 2 aromatic carbocycles. The Morgan fingerprint density at radius 2 is 1.57 bits per heavy atom. The average Bonchev–Trinajstić information content (AvgIpc) is 2.60. The summed E-state index contributed by atoms with van der Waals surface area (Å²) < 4.78 is 0.